The van der Waals surface area contributed by atoms with Gasteiger partial charge in [0.1, 0.15) is 5.82 Å². The number of hydrogen-bond donors (Lipinski definition) is 2. The van der Waals surface area contributed by atoms with Crippen molar-refractivity contribution in [2.24, 2.45) is 0 Å². The lowest BCUT2D eigenvalue weighted by Gasteiger charge is -2.19. The van der Waals surface area contributed by atoms with E-state index in [1.54, 1.807) is 12.1 Å². The second kappa shape index (κ2) is 10.0. The van der Waals surface area contributed by atoms with Crippen LogP contribution in [0.4, 0.5) is 4.39 Å². The number of carboxylic acid groups (broad SMARTS) is 1. The van der Waals surface area contributed by atoms with Gasteiger partial charge in [-0.15, -0.1) is 0 Å². The first-order chi connectivity index (χ1) is 15.1. The number of carbonyl (C=O) groups is 1. The van der Waals surface area contributed by atoms with Crippen LogP contribution in [-0.4, -0.2) is 40.1 Å². The van der Waals surface area contributed by atoms with Crippen molar-refractivity contribution in [2.45, 2.75) is 58.1 Å². The van der Waals surface area contributed by atoms with Crippen molar-refractivity contribution in [3.05, 3.63) is 46.9 Å². The van der Waals surface area contributed by atoms with Crippen LogP contribution in [0.2, 0.25) is 0 Å². The number of aromatic nitrogens is 1. The summed E-state index contributed by atoms with van der Waals surface area (Å²) < 4.78 is 34.1. The summed E-state index contributed by atoms with van der Waals surface area (Å²) >= 11 is 0. The minimum absolute atomic E-state index is 0.160. The van der Waals surface area contributed by atoms with Gasteiger partial charge in [0.25, 0.3) is 7.37 Å². The highest BCUT2D eigenvalue weighted by molar-refractivity contribution is 7.64. The maximum atomic E-state index is 13.6. The number of aliphatic carboxylic acids is 1. The van der Waals surface area contributed by atoms with Crippen LogP contribution >= 0.6 is 7.37 Å². The summed E-state index contributed by atoms with van der Waals surface area (Å²) in [7, 11) is -2.35. The predicted octanol–water partition coefficient (Wildman–Crippen LogP) is 4.82. The molecule has 1 aromatic heterocycles. The van der Waals surface area contributed by atoms with E-state index in [1.165, 1.54) is 24.9 Å². The van der Waals surface area contributed by atoms with Gasteiger partial charge in [0.05, 0.1) is 29.9 Å². The topological polar surface area (TPSA) is 88.8 Å². The molecule has 8 heteroatoms. The molecular formula is C24H29FNO5P. The molecule has 1 aromatic carbocycles. The maximum absolute atomic E-state index is 13.6. The van der Waals surface area contributed by atoms with Gasteiger partial charge in [-0.1, -0.05) is 19.8 Å². The quantitative estimate of drug-likeness (QED) is 0.456. The van der Waals surface area contributed by atoms with E-state index < -0.39 is 25.9 Å². The van der Waals surface area contributed by atoms with E-state index in [9.17, 15) is 18.9 Å². The summed E-state index contributed by atoms with van der Waals surface area (Å²) in [5.74, 6) is 1.72. The van der Waals surface area contributed by atoms with Gasteiger partial charge >= 0.3 is 5.97 Å². The van der Waals surface area contributed by atoms with E-state index >= 15 is 0 Å². The average molecular weight is 461 g/mol. The Morgan fingerprint density at radius 3 is 2.56 bits per heavy atom. The van der Waals surface area contributed by atoms with Gasteiger partial charge in [-0.25, -0.2) is 4.39 Å². The minimum atomic E-state index is -3.60. The zero-order valence-corrected chi connectivity index (χ0v) is 19.5. The Morgan fingerprint density at radius 1 is 1.28 bits per heavy atom. The number of aliphatic hydroxyl groups is 1. The van der Waals surface area contributed by atoms with Crippen LogP contribution in [0.1, 0.15) is 55.8 Å². The first kappa shape index (κ1) is 24.3. The molecule has 2 N–H and O–H groups in total. The van der Waals surface area contributed by atoms with Gasteiger partial charge in [0.2, 0.25) is 0 Å². The molecule has 2 atom stereocenters. The van der Waals surface area contributed by atoms with Crippen LogP contribution in [0.5, 0.6) is 0 Å². The number of aliphatic hydroxyl groups excluding tert-OH is 1. The smallest absolute Gasteiger partial charge is 0.305 e. The molecule has 3 rings (SSSR count). The van der Waals surface area contributed by atoms with Crippen molar-refractivity contribution in [2.75, 3.05) is 13.3 Å². The van der Waals surface area contributed by atoms with E-state index in [0.29, 0.717) is 0 Å². The molecule has 1 unspecified atom stereocenters. The Bertz CT molecular complexity index is 1090. The lowest BCUT2D eigenvalue weighted by molar-refractivity contribution is -0.138. The molecule has 1 aliphatic heterocycles. The van der Waals surface area contributed by atoms with Crippen molar-refractivity contribution in [1.29, 1.82) is 0 Å². The molecule has 2 aromatic rings. The number of benzene rings is 1. The first-order valence-electron chi connectivity index (χ1n) is 10.7. The van der Waals surface area contributed by atoms with Gasteiger partial charge in [0, 0.05) is 19.3 Å². The number of carboxylic acids is 1. The molecule has 1 aliphatic rings. The summed E-state index contributed by atoms with van der Waals surface area (Å²) in [6.07, 6.45) is 0.779. The van der Waals surface area contributed by atoms with Gasteiger partial charge in [-0.05, 0) is 66.2 Å². The maximum Gasteiger partial charge on any atom is 0.305 e. The van der Waals surface area contributed by atoms with E-state index in [0.717, 1.165) is 48.2 Å². The second-order valence-electron chi connectivity index (χ2n) is 8.38. The summed E-state index contributed by atoms with van der Waals surface area (Å²) in [4.78, 5) is 10.9. The Kier molecular flexibility index (Phi) is 7.61. The third-order valence-corrected chi connectivity index (χ3v) is 7.61. The van der Waals surface area contributed by atoms with Crippen molar-refractivity contribution in [1.82, 2.24) is 4.57 Å². The normalized spacial score (nSPS) is 16.1. The summed E-state index contributed by atoms with van der Waals surface area (Å²) in [5.41, 5.74) is 7.42. The van der Waals surface area contributed by atoms with E-state index in [4.69, 9.17) is 9.63 Å². The number of rotatable bonds is 7. The molecule has 0 aliphatic carbocycles. The summed E-state index contributed by atoms with van der Waals surface area (Å²) in [6.45, 7) is 4.98. The standard InChI is InChI=1S/C24H29FNO5P/c1-16(2)23-20(11-13-32(30,31-3)15-19(27)14-22(28)29)24(17-7-9-18(25)10-8-17)26-12-5-4-6-21(23)26/h7-10,16,19,27H,4-6,12,14-15H2,1-3H3,(H,28,29)/t19-,32?/m0/s1. The molecule has 0 spiro atoms. The molecule has 6 nitrogen and oxygen atoms in total. The Balaban J connectivity index is 2.15. The van der Waals surface area contributed by atoms with Crippen LogP contribution in [0.25, 0.3) is 11.3 Å². The number of hydrogen-bond acceptors (Lipinski definition) is 4. The van der Waals surface area contributed by atoms with Gasteiger partial charge in [0.15, 0.2) is 0 Å². The molecule has 32 heavy (non-hydrogen) atoms. The first-order valence-corrected chi connectivity index (χ1v) is 12.5. The molecule has 2 heterocycles. The van der Waals surface area contributed by atoms with Crippen molar-refractivity contribution >= 4 is 13.3 Å². The lowest BCUT2D eigenvalue weighted by Crippen LogP contribution is -2.17. The number of fused-ring (bicyclic) bond motifs is 1. The van der Waals surface area contributed by atoms with E-state index in [-0.39, 0.29) is 17.9 Å². The monoisotopic (exact) mass is 461 g/mol. The van der Waals surface area contributed by atoms with Crippen molar-refractivity contribution in [3.8, 4) is 22.8 Å². The highest BCUT2D eigenvalue weighted by Crippen LogP contribution is 2.46. The average Bonchev–Trinajstić information content (AvgIpc) is 3.06. The predicted molar refractivity (Wildman–Crippen MR) is 121 cm³/mol. The Labute approximate surface area is 187 Å². The van der Waals surface area contributed by atoms with Crippen LogP contribution < -0.4 is 0 Å². The summed E-state index contributed by atoms with van der Waals surface area (Å²) in [6, 6.07) is 6.25. The molecule has 0 saturated carbocycles. The van der Waals surface area contributed by atoms with Crippen LogP contribution in [0.3, 0.4) is 0 Å². The number of nitrogens with zero attached hydrogens (tertiary/aromatic N) is 1. The van der Waals surface area contributed by atoms with E-state index in [2.05, 4.69) is 30.0 Å². The molecule has 0 fully saturated rings. The molecule has 0 saturated heterocycles. The highest BCUT2D eigenvalue weighted by atomic mass is 31.2. The van der Waals surface area contributed by atoms with E-state index in [1.807, 2.05) is 0 Å². The fraction of sp³-hybridized carbons (Fsp3) is 0.458. The second-order valence-corrected chi connectivity index (χ2v) is 10.7. The Morgan fingerprint density at radius 2 is 1.97 bits per heavy atom. The van der Waals surface area contributed by atoms with Gasteiger partial charge in [-0.2, -0.15) is 0 Å². The summed E-state index contributed by atoms with van der Waals surface area (Å²) in [5, 5.41) is 18.9. The van der Waals surface area contributed by atoms with Gasteiger partial charge in [-0.3, -0.25) is 9.36 Å². The largest absolute Gasteiger partial charge is 0.481 e. The fourth-order valence-electron chi connectivity index (χ4n) is 4.27. The lowest BCUT2D eigenvalue weighted by atomic mass is 9.94. The van der Waals surface area contributed by atoms with Gasteiger partial charge < -0.3 is 19.3 Å². The van der Waals surface area contributed by atoms with Crippen LogP contribution in [0.15, 0.2) is 24.3 Å². The molecular weight excluding hydrogens is 432 g/mol. The SMILES string of the molecule is COP(=O)(C#Cc1c(C(C)C)c2n(c1-c1ccc(F)cc1)CCCC2)C[C@@H](O)CC(=O)O. The highest BCUT2D eigenvalue weighted by Gasteiger charge is 2.28. The minimum Gasteiger partial charge on any atom is -0.481 e. The molecule has 172 valence electrons. The zero-order valence-electron chi connectivity index (χ0n) is 18.6. The third-order valence-electron chi connectivity index (χ3n) is 5.66. The third kappa shape index (κ3) is 5.32. The molecule has 0 amide bonds. The van der Waals surface area contributed by atoms with Crippen LogP contribution in [-0.2, 0) is 26.8 Å². The molecule has 0 radical (unpaired) electrons. The fourth-order valence-corrected chi connectivity index (χ4v) is 5.57. The zero-order chi connectivity index (χ0) is 23.5. The van der Waals surface area contributed by atoms with Crippen molar-refractivity contribution in [3.63, 3.8) is 0 Å². The van der Waals surface area contributed by atoms with Crippen molar-refractivity contribution < 1.29 is 28.5 Å². The van der Waals surface area contributed by atoms with Crippen LogP contribution in [0, 0.1) is 17.4 Å². The number of halogens is 1. The molecule has 0 bridgehead atoms. The Hall–Kier alpha value is -2.39.